The van der Waals surface area contributed by atoms with Crippen LogP contribution in [0.2, 0.25) is 0 Å². The molecule has 0 fully saturated rings. The Hall–Kier alpha value is -3.07. The van der Waals surface area contributed by atoms with Crippen LogP contribution in [0.25, 0.3) is 11.5 Å². The second-order valence-corrected chi connectivity index (χ2v) is 6.18. The molecule has 134 valence electrons. The maximum absolute atomic E-state index is 12.0. The highest BCUT2D eigenvalue weighted by molar-refractivity contribution is 7.99. The summed E-state index contributed by atoms with van der Waals surface area (Å²) in [5.74, 6) is 0.746. The number of aromatic nitrogens is 2. The Labute approximate surface area is 153 Å². The van der Waals surface area contributed by atoms with Crippen molar-refractivity contribution in [2.75, 3.05) is 18.1 Å². The van der Waals surface area contributed by atoms with Gasteiger partial charge in [0.1, 0.15) is 5.76 Å². The quantitative estimate of drug-likeness (QED) is 0.640. The number of nitrogens with zero attached hydrogens (tertiary/aromatic N) is 2. The van der Waals surface area contributed by atoms with Gasteiger partial charge >= 0.3 is 0 Å². The fourth-order valence-electron chi connectivity index (χ4n) is 2.16. The molecule has 2 N–H and O–H groups in total. The summed E-state index contributed by atoms with van der Waals surface area (Å²) >= 11 is 1.14. The van der Waals surface area contributed by atoms with Gasteiger partial charge in [0.15, 0.2) is 0 Å². The van der Waals surface area contributed by atoms with Gasteiger partial charge in [-0.1, -0.05) is 11.8 Å². The normalized spacial score (nSPS) is 10.5. The van der Waals surface area contributed by atoms with Gasteiger partial charge in [0.2, 0.25) is 5.91 Å². The second kappa shape index (κ2) is 7.87. The zero-order valence-electron chi connectivity index (χ0n) is 14.1. The van der Waals surface area contributed by atoms with Gasteiger partial charge in [-0.3, -0.25) is 9.59 Å². The Morgan fingerprint density at radius 3 is 2.58 bits per heavy atom. The molecule has 2 aromatic heterocycles. The number of carbonyl (C=O) groups excluding carboxylic acids is 2. The highest BCUT2D eigenvalue weighted by Crippen LogP contribution is 2.26. The van der Waals surface area contributed by atoms with E-state index >= 15 is 0 Å². The molecule has 0 atom stereocenters. The van der Waals surface area contributed by atoms with Gasteiger partial charge in [-0.05, 0) is 37.3 Å². The van der Waals surface area contributed by atoms with E-state index < -0.39 is 0 Å². The molecule has 2 amide bonds. The molecule has 0 radical (unpaired) electrons. The van der Waals surface area contributed by atoms with Crippen LogP contribution in [0.5, 0.6) is 0 Å². The lowest BCUT2D eigenvalue weighted by molar-refractivity contribution is -0.113. The zero-order chi connectivity index (χ0) is 18.5. The van der Waals surface area contributed by atoms with Crippen molar-refractivity contribution in [3.8, 4) is 11.5 Å². The molecule has 9 heteroatoms. The van der Waals surface area contributed by atoms with E-state index in [4.69, 9.17) is 8.83 Å². The van der Waals surface area contributed by atoms with Crippen LogP contribution in [-0.4, -0.2) is 34.8 Å². The van der Waals surface area contributed by atoms with Crippen LogP contribution < -0.4 is 10.6 Å². The van der Waals surface area contributed by atoms with E-state index in [9.17, 15) is 9.59 Å². The van der Waals surface area contributed by atoms with E-state index in [1.807, 2.05) is 0 Å². The predicted octanol–water partition coefficient (Wildman–Crippen LogP) is 2.73. The van der Waals surface area contributed by atoms with Gasteiger partial charge in [0, 0.05) is 18.3 Å². The van der Waals surface area contributed by atoms with Gasteiger partial charge in [-0.25, -0.2) is 0 Å². The third-order valence-electron chi connectivity index (χ3n) is 3.48. The van der Waals surface area contributed by atoms with Crippen molar-refractivity contribution in [2.45, 2.75) is 12.1 Å². The van der Waals surface area contributed by atoms with Crippen molar-refractivity contribution in [2.24, 2.45) is 0 Å². The molecule has 8 nitrogen and oxygen atoms in total. The van der Waals surface area contributed by atoms with E-state index in [0.717, 1.165) is 17.3 Å². The lowest BCUT2D eigenvalue weighted by Gasteiger charge is -2.05. The third-order valence-corrected chi connectivity index (χ3v) is 4.30. The number of benzene rings is 1. The number of carbonyl (C=O) groups is 2. The molecule has 1 aromatic carbocycles. The molecule has 3 aromatic rings. The largest absolute Gasteiger partial charge is 0.469 e. The molecule has 0 spiro atoms. The number of thioether (sulfide) groups is 1. The fourth-order valence-corrected chi connectivity index (χ4v) is 2.72. The molecular formula is C17H16N4O4S. The summed E-state index contributed by atoms with van der Waals surface area (Å²) in [4.78, 5) is 23.5. The summed E-state index contributed by atoms with van der Waals surface area (Å²) in [6, 6.07) is 8.35. The Balaban J connectivity index is 1.54. The molecule has 0 aliphatic carbocycles. The van der Waals surface area contributed by atoms with Gasteiger partial charge < -0.3 is 19.5 Å². The van der Waals surface area contributed by atoms with Crippen molar-refractivity contribution in [1.82, 2.24) is 15.5 Å². The number of nitrogens with one attached hydrogen (secondary N) is 2. The molecule has 0 unspecified atom stereocenters. The summed E-state index contributed by atoms with van der Waals surface area (Å²) in [6.45, 7) is 1.80. The molecule has 2 heterocycles. The summed E-state index contributed by atoms with van der Waals surface area (Å²) in [5.41, 5.74) is 1.85. The zero-order valence-corrected chi connectivity index (χ0v) is 14.9. The SMILES string of the molecule is CNC(=O)c1ccc(NC(=O)CSc2nnc(-c3ccoc3C)o2)cc1. The molecule has 26 heavy (non-hydrogen) atoms. The van der Waals surface area contributed by atoms with Crippen LogP contribution in [0.1, 0.15) is 16.1 Å². The lowest BCUT2D eigenvalue weighted by atomic mass is 10.2. The number of rotatable bonds is 6. The van der Waals surface area contributed by atoms with E-state index in [0.29, 0.717) is 28.1 Å². The maximum atomic E-state index is 12.0. The molecular weight excluding hydrogens is 356 g/mol. The van der Waals surface area contributed by atoms with Gasteiger partial charge in [0.05, 0.1) is 17.6 Å². The smallest absolute Gasteiger partial charge is 0.277 e. The first-order valence-corrected chi connectivity index (χ1v) is 8.68. The number of hydrogen-bond donors (Lipinski definition) is 2. The predicted molar refractivity (Wildman–Crippen MR) is 95.9 cm³/mol. The number of amides is 2. The molecule has 0 saturated heterocycles. The number of anilines is 1. The van der Waals surface area contributed by atoms with E-state index in [-0.39, 0.29) is 17.6 Å². The Morgan fingerprint density at radius 2 is 1.92 bits per heavy atom. The van der Waals surface area contributed by atoms with Crippen LogP contribution in [0.3, 0.4) is 0 Å². The van der Waals surface area contributed by atoms with Crippen LogP contribution in [0.4, 0.5) is 5.69 Å². The van der Waals surface area contributed by atoms with Crippen molar-refractivity contribution in [1.29, 1.82) is 0 Å². The Kier molecular flexibility index (Phi) is 5.37. The summed E-state index contributed by atoms with van der Waals surface area (Å²) < 4.78 is 10.7. The number of hydrogen-bond acceptors (Lipinski definition) is 7. The summed E-state index contributed by atoms with van der Waals surface area (Å²) in [6.07, 6.45) is 1.55. The fraction of sp³-hybridized carbons (Fsp3) is 0.176. The van der Waals surface area contributed by atoms with Gasteiger partial charge in [0.25, 0.3) is 17.0 Å². The van der Waals surface area contributed by atoms with Gasteiger partial charge in [-0.15, -0.1) is 10.2 Å². The lowest BCUT2D eigenvalue weighted by Crippen LogP contribution is -2.18. The van der Waals surface area contributed by atoms with Crippen LogP contribution in [0, 0.1) is 6.92 Å². The molecule has 0 aliphatic heterocycles. The minimum atomic E-state index is -0.220. The van der Waals surface area contributed by atoms with Gasteiger partial charge in [-0.2, -0.15) is 0 Å². The maximum Gasteiger partial charge on any atom is 0.277 e. The van der Waals surface area contributed by atoms with Crippen LogP contribution >= 0.6 is 11.8 Å². The summed E-state index contributed by atoms with van der Waals surface area (Å²) in [5, 5.41) is 13.4. The number of furan rings is 1. The van der Waals surface area contributed by atoms with Crippen molar-refractivity contribution in [3.63, 3.8) is 0 Å². The molecule has 0 bridgehead atoms. The molecule has 0 aliphatic rings. The number of aryl methyl sites for hydroxylation is 1. The minimum absolute atomic E-state index is 0.114. The average molecular weight is 372 g/mol. The first-order chi connectivity index (χ1) is 12.6. The van der Waals surface area contributed by atoms with Crippen LogP contribution in [-0.2, 0) is 4.79 Å². The molecule has 0 saturated carbocycles. The average Bonchev–Trinajstić information content (AvgIpc) is 3.28. The first-order valence-electron chi connectivity index (χ1n) is 7.69. The first kappa shape index (κ1) is 17.7. The Morgan fingerprint density at radius 1 is 1.15 bits per heavy atom. The van der Waals surface area contributed by atoms with Crippen molar-refractivity contribution >= 4 is 29.3 Å². The monoisotopic (exact) mass is 372 g/mol. The van der Waals surface area contributed by atoms with E-state index in [1.54, 1.807) is 50.6 Å². The standard InChI is InChI=1S/C17H16N4O4S/c1-10-13(7-8-24-10)16-20-21-17(25-16)26-9-14(22)19-12-5-3-11(4-6-12)15(23)18-2/h3-8H,9H2,1-2H3,(H,18,23)(H,19,22). The highest BCUT2D eigenvalue weighted by atomic mass is 32.2. The minimum Gasteiger partial charge on any atom is -0.469 e. The highest BCUT2D eigenvalue weighted by Gasteiger charge is 2.14. The van der Waals surface area contributed by atoms with Crippen LogP contribution in [0.15, 0.2) is 50.7 Å². The Bertz CT molecular complexity index is 917. The van der Waals surface area contributed by atoms with Crippen molar-refractivity contribution in [3.05, 3.63) is 47.9 Å². The third kappa shape index (κ3) is 4.12. The van der Waals surface area contributed by atoms with E-state index in [1.165, 1.54) is 0 Å². The summed E-state index contributed by atoms with van der Waals surface area (Å²) in [7, 11) is 1.56. The molecule has 3 rings (SSSR count). The van der Waals surface area contributed by atoms with E-state index in [2.05, 4.69) is 20.8 Å². The topological polar surface area (TPSA) is 110 Å². The second-order valence-electron chi connectivity index (χ2n) is 5.26. The van der Waals surface area contributed by atoms with Crippen molar-refractivity contribution < 1.29 is 18.4 Å².